The Hall–Kier alpha value is -1.13. The molecule has 1 fully saturated rings. The number of anilines is 1. The summed E-state index contributed by atoms with van der Waals surface area (Å²) < 4.78 is 18.5. The Bertz CT molecular complexity index is 421. The molecule has 1 aromatic carbocycles. The van der Waals surface area contributed by atoms with Crippen molar-refractivity contribution in [3.05, 3.63) is 29.6 Å². The zero-order valence-corrected chi connectivity index (χ0v) is 12.5. The summed E-state index contributed by atoms with van der Waals surface area (Å²) in [4.78, 5) is 2.37. The Kier molecular flexibility index (Phi) is 5.80. The minimum Gasteiger partial charge on any atom is -0.383 e. The van der Waals surface area contributed by atoms with Gasteiger partial charge in [-0.15, -0.1) is 0 Å². The van der Waals surface area contributed by atoms with Gasteiger partial charge in [0.2, 0.25) is 0 Å². The van der Waals surface area contributed by atoms with E-state index in [1.807, 2.05) is 6.07 Å². The molecule has 0 saturated heterocycles. The third-order valence-electron chi connectivity index (χ3n) is 3.74. The molecule has 1 aliphatic carbocycles. The summed E-state index contributed by atoms with van der Waals surface area (Å²) in [6.45, 7) is 6.34. The Morgan fingerprint density at radius 3 is 2.85 bits per heavy atom. The van der Waals surface area contributed by atoms with E-state index in [1.54, 1.807) is 19.2 Å². The van der Waals surface area contributed by atoms with Gasteiger partial charge >= 0.3 is 0 Å². The smallest absolute Gasteiger partial charge is 0.123 e. The molecular formula is C16H25FN2O. The molecule has 0 aliphatic heterocycles. The molecule has 0 heterocycles. The number of methoxy groups -OCH3 is 1. The summed E-state index contributed by atoms with van der Waals surface area (Å²) in [5.41, 5.74) is 2.19. The Morgan fingerprint density at radius 2 is 2.20 bits per heavy atom. The molecule has 0 unspecified atom stereocenters. The molecule has 1 aromatic rings. The molecule has 4 heteroatoms. The Morgan fingerprint density at radius 1 is 1.40 bits per heavy atom. The van der Waals surface area contributed by atoms with Gasteiger partial charge in [0.25, 0.3) is 0 Å². The van der Waals surface area contributed by atoms with E-state index in [1.165, 1.54) is 12.8 Å². The summed E-state index contributed by atoms with van der Waals surface area (Å²) >= 11 is 0. The zero-order chi connectivity index (χ0) is 14.4. The average Bonchev–Trinajstić information content (AvgIpc) is 3.26. The van der Waals surface area contributed by atoms with Gasteiger partial charge in [0.05, 0.1) is 6.61 Å². The summed E-state index contributed by atoms with van der Waals surface area (Å²) in [6, 6.07) is 5.11. The number of nitrogens with one attached hydrogen (secondary N) is 1. The van der Waals surface area contributed by atoms with Crippen LogP contribution in [0.4, 0.5) is 10.1 Å². The van der Waals surface area contributed by atoms with Crippen LogP contribution in [0.15, 0.2) is 18.2 Å². The molecular weight excluding hydrogens is 255 g/mol. The number of halogens is 1. The fraction of sp³-hybridized carbons (Fsp3) is 0.625. The van der Waals surface area contributed by atoms with Gasteiger partial charge in [-0.2, -0.15) is 0 Å². The van der Waals surface area contributed by atoms with Crippen molar-refractivity contribution in [3.8, 4) is 0 Å². The number of hydrogen-bond donors (Lipinski definition) is 1. The molecule has 0 spiro atoms. The van der Waals surface area contributed by atoms with Crippen LogP contribution in [0.3, 0.4) is 0 Å². The molecule has 2 rings (SSSR count). The van der Waals surface area contributed by atoms with Crippen molar-refractivity contribution in [3.63, 3.8) is 0 Å². The van der Waals surface area contributed by atoms with E-state index in [2.05, 4.69) is 17.1 Å². The number of nitrogens with zero attached hydrogens (tertiary/aromatic N) is 1. The molecule has 0 bridgehead atoms. The van der Waals surface area contributed by atoms with Crippen molar-refractivity contribution in [2.45, 2.75) is 26.3 Å². The lowest BCUT2D eigenvalue weighted by molar-refractivity contribution is 0.199. The monoisotopic (exact) mass is 280 g/mol. The molecule has 3 nitrogen and oxygen atoms in total. The van der Waals surface area contributed by atoms with Crippen LogP contribution in [0.2, 0.25) is 0 Å². The second kappa shape index (κ2) is 7.60. The van der Waals surface area contributed by atoms with Crippen LogP contribution in [0.1, 0.15) is 25.3 Å². The van der Waals surface area contributed by atoms with E-state index in [4.69, 9.17) is 4.74 Å². The molecule has 0 atom stereocenters. The van der Waals surface area contributed by atoms with Gasteiger partial charge in [0.1, 0.15) is 5.82 Å². The maximum atomic E-state index is 13.5. The van der Waals surface area contributed by atoms with Crippen molar-refractivity contribution in [2.24, 2.45) is 5.92 Å². The van der Waals surface area contributed by atoms with E-state index in [0.717, 1.165) is 36.8 Å². The molecule has 1 aliphatic rings. The fourth-order valence-electron chi connectivity index (χ4n) is 2.41. The fourth-order valence-corrected chi connectivity index (χ4v) is 2.41. The minimum atomic E-state index is -0.167. The third kappa shape index (κ3) is 4.46. The Balaban J connectivity index is 2.04. The highest BCUT2D eigenvalue weighted by Gasteiger charge is 2.24. The molecule has 1 saturated carbocycles. The Labute approximate surface area is 121 Å². The van der Waals surface area contributed by atoms with Crippen LogP contribution < -0.4 is 10.2 Å². The third-order valence-corrected chi connectivity index (χ3v) is 3.74. The highest BCUT2D eigenvalue weighted by atomic mass is 19.1. The SMILES string of the molecule is CCN(CC1CC1)c1ccc(F)cc1CNCCOC. The highest BCUT2D eigenvalue weighted by molar-refractivity contribution is 5.54. The van der Waals surface area contributed by atoms with Crippen LogP contribution in [0.5, 0.6) is 0 Å². The molecule has 0 aromatic heterocycles. The van der Waals surface area contributed by atoms with Crippen molar-refractivity contribution in [1.82, 2.24) is 5.32 Å². The molecule has 0 radical (unpaired) electrons. The van der Waals surface area contributed by atoms with Gasteiger partial charge in [0, 0.05) is 39.0 Å². The second-order valence-electron chi connectivity index (χ2n) is 5.42. The summed E-state index contributed by atoms with van der Waals surface area (Å²) in [7, 11) is 1.68. The topological polar surface area (TPSA) is 24.5 Å². The zero-order valence-electron chi connectivity index (χ0n) is 12.5. The van der Waals surface area contributed by atoms with E-state index < -0.39 is 0 Å². The van der Waals surface area contributed by atoms with Gasteiger partial charge < -0.3 is 15.0 Å². The first-order chi connectivity index (χ1) is 9.74. The maximum Gasteiger partial charge on any atom is 0.123 e. The first kappa shape index (κ1) is 15.3. The predicted octanol–water partition coefficient (Wildman–Crippen LogP) is 2.80. The summed E-state index contributed by atoms with van der Waals surface area (Å²) in [5.74, 6) is 0.661. The highest BCUT2D eigenvalue weighted by Crippen LogP contribution is 2.32. The predicted molar refractivity (Wildman–Crippen MR) is 80.6 cm³/mol. The lowest BCUT2D eigenvalue weighted by Gasteiger charge is -2.26. The second-order valence-corrected chi connectivity index (χ2v) is 5.42. The van der Waals surface area contributed by atoms with Gasteiger partial charge in [-0.1, -0.05) is 0 Å². The largest absolute Gasteiger partial charge is 0.383 e. The lowest BCUT2D eigenvalue weighted by Crippen LogP contribution is -2.28. The quantitative estimate of drug-likeness (QED) is 0.704. The van der Waals surface area contributed by atoms with Crippen molar-refractivity contribution in [2.75, 3.05) is 38.3 Å². The first-order valence-corrected chi connectivity index (χ1v) is 7.47. The minimum absolute atomic E-state index is 0.167. The summed E-state index contributed by atoms with van der Waals surface area (Å²) in [5, 5.41) is 3.30. The normalized spacial score (nSPS) is 14.6. The number of rotatable bonds is 9. The summed E-state index contributed by atoms with van der Waals surface area (Å²) in [6.07, 6.45) is 2.66. The van der Waals surface area contributed by atoms with Crippen LogP contribution in [0.25, 0.3) is 0 Å². The van der Waals surface area contributed by atoms with Crippen molar-refractivity contribution in [1.29, 1.82) is 0 Å². The molecule has 1 N–H and O–H groups in total. The maximum absolute atomic E-state index is 13.5. The number of ether oxygens (including phenoxy) is 1. The average molecular weight is 280 g/mol. The molecule has 0 amide bonds. The van der Waals surface area contributed by atoms with Crippen LogP contribution >= 0.6 is 0 Å². The van der Waals surface area contributed by atoms with E-state index in [9.17, 15) is 4.39 Å². The molecule has 20 heavy (non-hydrogen) atoms. The van der Waals surface area contributed by atoms with E-state index in [0.29, 0.717) is 13.2 Å². The number of hydrogen-bond acceptors (Lipinski definition) is 3. The first-order valence-electron chi connectivity index (χ1n) is 7.47. The van der Waals surface area contributed by atoms with Gasteiger partial charge in [-0.25, -0.2) is 4.39 Å². The van der Waals surface area contributed by atoms with Crippen molar-refractivity contribution < 1.29 is 9.13 Å². The lowest BCUT2D eigenvalue weighted by atomic mass is 10.1. The number of benzene rings is 1. The van der Waals surface area contributed by atoms with Gasteiger partial charge in [0.15, 0.2) is 0 Å². The van der Waals surface area contributed by atoms with Crippen LogP contribution in [-0.2, 0) is 11.3 Å². The van der Waals surface area contributed by atoms with E-state index in [-0.39, 0.29) is 5.82 Å². The van der Waals surface area contributed by atoms with Crippen molar-refractivity contribution >= 4 is 5.69 Å². The molecule has 112 valence electrons. The van der Waals surface area contributed by atoms with Crippen LogP contribution in [-0.4, -0.2) is 33.4 Å². The standard InChI is InChI=1S/C16H25FN2O/c1-3-19(12-13-4-5-13)16-7-6-15(17)10-14(16)11-18-8-9-20-2/h6-7,10,13,18H,3-5,8-9,11-12H2,1-2H3. The van der Waals surface area contributed by atoms with Crippen LogP contribution in [0, 0.1) is 11.7 Å². The van der Waals surface area contributed by atoms with E-state index >= 15 is 0 Å². The van der Waals surface area contributed by atoms with Gasteiger partial charge in [-0.05, 0) is 49.4 Å². The van der Waals surface area contributed by atoms with Gasteiger partial charge in [-0.3, -0.25) is 0 Å².